The van der Waals surface area contributed by atoms with Gasteiger partial charge in [0.25, 0.3) is 0 Å². The van der Waals surface area contributed by atoms with E-state index in [9.17, 15) is 0 Å². The molecular weight excluding hydrogens is 385 g/mol. The molecule has 1 fully saturated rings. The number of ether oxygens (including phenoxy) is 1. The Morgan fingerprint density at radius 3 is 2.85 bits per heavy atom. The van der Waals surface area contributed by atoms with Crippen LogP contribution in [0.2, 0.25) is 5.02 Å². The van der Waals surface area contributed by atoms with E-state index in [1.54, 1.807) is 12.4 Å². The van der Waals surface area contributed by atoms with Crippen LogP contribution in [0.5, 0.6) is 0 Å². The van der Waals surface area contributed by atoms with Crippen LogP contribution in [-0.2, 0) is 4.74 Å². The Bertz CT molecular complexity index is 911. The zero-order chi connectivity index (χ0) is 17.9. The number of rotatable bonds is 4. The van der Waals surface area contributed by atoms with E-state index in [1.807, 2.05) is 25.1 Å². The average Bonchev–Trinajstić information content (AvgIpc) is 2.66. The van der Waals surface area contributed by atoms with Crippen LogP contribution in [0.3, 0.4) is 0 Å². The summed E-state index contributed by atoms with van der Waals surface area (Å²) >= 11 is 6.23. The van der Waals surface area contributed by atoms with Gasteiger partial charge >= 0.3 is 0 Å². The molecule has 2 aromatic heterocycles. The fraction of sp³-hybridized carbons (Fsp3) is 0.316. The van der Waals surface area contributed by atoms with Crippen LogP contribution in [0.4, 0.5) is 5.82 Å². The van der Waals surface area contributed by atoms with Crippen LogP contribution in [0, 0.1) is 6.92 Å². The van der Waals surface area contributed by atoms with Gasteiger partial charge in [-0.05, 0) is 36.8 Å². The lowest BCUT2D eigenvalue weighted by atomic mass is 10.1. The molecular formula is C19H21Cl2N5O. The Morgan fingerprint density at radius 1 is 1.22 bits per heavy atom. The molecule has 4 rings (SSSR count). The summed E-state index contributed by atoms with van der Waals surface area (Å²) in [5, 5.41) is 7.41. The number of aryl methyl sites for hydroxylation is 1. The Balaban J connectivity index is 0.00000210. The summed E-state index contributed by atoms with van der Waals surface area (Å²) < 4.78 is 5.75. The highest BCUT2D eigenvalue weighted by Crippen LogP contribution is 2.28. The lowest BCUT2D eigenvalue weighted by molar-refractivity contribution is 0.0372. The van der Waals surface area contributed by atoms with E-state index >= 15 is 0 Å². The first-order valence-electron chi connectivity index (χ1n) is 8.64. The van der Waals surface area contributed by atoms with Gasteiger partial charge < -0.3 is 15.4 Å². The SMILES string of the molecule is Cc1cc(Cl)cc(-c2cc3nccnc3c(NC[C@@H]3CNCCO3)n2)c1.Cl. The van der Waals surface area contributed by atoms with Gasteiger partial charge in [-0.3, -0.25) is 4.98 Å². The maximum absolute atomic E-state index is 6.23. The second-order valence-corrected chi connectivity index (χ2v) is 6.81. The van der Waals surface area contributed by atoms with Gasteiger partial charge in [-0.15, -0.1) is 12.4 Å². The van der Waals surface area contributed by atoms with Gasteiger partial charge in [0.05, 0.1) is 23.9 Å². The number of hydrogen-bond donors (Lipinski definition) is 2. The first-order valence-corrected chi connectivity index (χ1v) is 9.02. The maximum Gasteiger partial charge on any atom is 0.154 e. The van der Waals surface area contributed by atoms with Crippen molar-refractivity contribution in [2.45, 2.75) is 13.0 Å². The number of benzene rings is 1. The molecule has 0 radical (unpaired) electrons. The molecule has 0 aliphatic carbocycles. The molecule has 3 heterocycles. The molecule has 2 N–H and O–H groups in total. The standard InChI is InChI=1S/C19H20ClN5O.ClH/c1-12-6-13(8-14(20)7-12)16-9-17-18(23-3-2-22-17)19(25-16)24-11-15-10-21-4-5-26-15;/h2-3,6-9,15,21H,4-5,10-11H2,1H3,(H,24,25);1H/t15-;/m0./s1. The second kappa shape index (κ2) is 8.80. The summed E-state index contributed by atoms with van der Waals surface area (Å²) in [5.74, 6) is 0.706. The number of nitrogens with zero attached hydrogens (tertiary/aromatic N) is 3. The van der Waals surface area contributed by atoms with Crippen molar-refractivity contribution in [2.75, 3.05) is 31.6 Å². The van der Waals surface area contributed by atoms with Gasteiger partial charge in [0.15, 0.2) is 5.82 Å². The summed E-state index contributed by atoms with van der Waals surface area (Å²) in [7, 11) is 0. The summed E-state index contributed by atoms with van der Waals surface area (Å²) in [4.78, 5) is 13.7. The van der Waals surface area contributed by atoms with E-state index in [2.05, 4.69) is 26.7 Å². The predicted molar refractivity (Wildman–Crippen MR) is 111 cm³/mol. The van der Waals surface area contributed by atoms with Gasteiger partial charge in [0.2, 0.25) is 0 Å². The number of anilines is 1. The molecule has 0 bridgehead atoms. The molecule has 1 atom stereocenters. The fourth-order valence-electron chi connectivity index (χ4n) is 3.09. The number of aromatic nitrogens is 3. The highest BCUT2D eigenvalue weighted by atomic mass is 35.5. The minimum atomic E-state index is 0. The fourth-order valence-corrected chi connectivity index (χ4v) is 3.38. The number of hydrogen-bond acceptors (Lipinski definition) is 6. The second-order valence-electron chi connectivity index (χ2n) is 6.38. The predicted octanol–water partition coefficient (Wildman–Crippen LogP) is 3.48. The Hall–Kier alpha value is -1.99. The minimum Gasteiger partial charge on any atom is -0.374 e. The van der Waals surface area contributed by atoms with E-state index in [-0.39, 0.29) is 18.5 Å². The average molecular weight is 406 g/mol. The Kier molecular flexibility index (Phi) is 6.44. The van der Waals surface area contributed by atoms with E-state index in [4.69, 9.17) is 21.3 Å². The number of fused-ring (bicyclic) bond motifs is 1. The van der Waals surface area contributed by atoms with Crippen molar-refractivity contribution < 1.29 is 4.74 Å². The highest BCUT2D eigenvalue weighted by molar-refractivity contribution is 6.31. The first kappa shape index (κ1) is 19.8. The largest absolute Gasteiger partial charge is 0.374 e. The summed E-state index contributed by atoms with van der Waals surface area (Å²) in [6.45, 7) is 5.12. The monoisotopic (exact) mass is 405 g/mol. The molecule has 0 unspecified atom stereocenters. The van der Waals surface area contributed by atoms with Crippen molar-refractivity contribution in [3.05, 3.63) is 47.2 Å². The van der Waals surface area contributed by atoms with Crippen molar-refractivity contribution in [1.29, 1.82) is 0 Å². The normalized spacial score (nSPS) is 16.7. The highest BCUT2D eigenvalue weighted by Gasteiger charge is 2.15. The molecule has 1 saturated heterocycles. The van der Waals surface area contributed by atoms with Crippen LogP contribution >= 0.6 is 24.0 Å². The van der Waals surface area contributed by atoms with Crippen molar-refractivity contribution in [3.63, 3.8) is 0 Å². The van der Waals surface area contributed by atoms with Gasteiger partial charge in [0, 0.05) is 42.6 Å². The molecule has 1 aromatic carbocycles. The molecule has 27 heavy (non-hydrogen) atoms. The van der Waals surface area contributed by atoms with Crippen LogP contribution in [0.15, 0.2) is 36.7 Å². The van der Waals surface area contributed by atoms with Crippen LogP contribution < -0.4 is 10.6 Å². The molecule has 0 saturated carbocycles. The number of nitrogens with one attached hydrogen (secondary N) is 2. The molecule has 6 nitrogen and oxygen atoms in total. The molecule has 1 aliphatic heterocycles. The molecule has 0 spiro atoms. The molecule has 1 aliphatic rings. The third-order valence-corrected chi connectivity index (χ3v) is 4.51. The van der Waals surface area contributed by atoms with E-state index < -0.39 is 0 Å². The lowest BCUT2D eigenvalue weighted by Crippen LogP contribution is -2.42. The zero-order valence-corrected chi connectivity index (χ0v) is 16.5. The molecule has 8 heteroatoms. The Morgan fingerprint density at radius 2 is 2.07 bits per heavy atom. The van der Waals surface area contributed by atoms with Crippen LogP contribution in [0.1, 0.15) is 5.56 Å². The summed E-state index contributed by atoms with van der Waals surface area (Å²) in [6.07, 6.45) is 3.47. The van der Waals surface area contributed by atoms with Gasteiger partial charge in [0.1, 0.15) is 5.52 Å². The molecule has 3 aromatic rings. The van der Waals surface area contributed by atoms with Crippen molar-refractivity contribution in [2.24, 2.45) is 0 Å². The molecule has 142 valence electrons. The smallest absolute Gasteiger partial charge is 0.154 e. The summed E-state index contributed by atoms with van der Waals surface area (Å²) in [6, 6.07) is 7.85. The van der Waals surface area contributed by atoms with Gasteiger partial charge in [-0.2, -0.15) is 0 Å². The number of halogens is 2. The van der Waals surface area contributed by atoms with Gasteiger partial charge in [-0.25, -0.2) is 9.97 Å². The van der Waals surface area contributed by atoms with Crippen molar-refractivity contribution >= 4 is 40.9 Å². The van der Waals surface area contributed by atoms with E-state index in [0.717, 1.165) is 47.6 Å². The maximum atomic E-state index is 6.23. The third kappa shape index (κ3) is 4.65. The zero-order valence-electron chi connectivity index (χ0n) is 14.9. The minimum absolute atomic E-state index is 0. The lowest BCUT2D eigenvalue weighted by Gasteiger charge is -2.24. The van der Waals surface area contributed by atoms with Gasteiger partial charge in [-0.1, -0.05) is 11.6 Å². The van der Waals surface area contributed by atoms with Crippen LogP contribution in [0.25, 0.3) is 22.3 Å². The summed E-state index contributed by atoms with van der Waals surface area (Å²) in [5.41, 5.74) is 4.40. The van der Waals surface area contributed by atoms with Crippen molar-refractivity contribution in [1.82, 2.24) is 20.3 Å². The Labute approximate surface area is 169 Å². The third-order valence-electron chi connectivity index (χ3n) is 4.30. The van der Waals surface area contributed by atoms with E-state index in [1.165, 1.54) is 0 Å². The first-order chi connectivity index (χ1) is 12.7. The van der Waals surface area contributed by atoms with E-state index in [0.29, 0.717) is 17.4 Å². The quantitative estimate of drug-likeness (QED) is 0.692. The van der Waals surface area contributed by atoms with Crippen molar-refractivity contribution in [3.8, 4) is 11.3 Å². The van der Waals surface area contributed by atoms with Crippen LogP contribution in [-0.4, -0.2) is 47.3 Å². The number of pyridine rings is 1. The topological polar surface area (TPSA) is 72.0 Å². The molecule has 0 amide bonds. The number of morpholine rings is 1.